The first kappa shape index (κ1) is 11.3. The highest BCUT2D eigenvalue weighted by Gasteiger charge is 2.48. The molecule has 17 heavy (non-hydrogen) atoms. The van der Waals surface area contributed by atoms with E-state index in [0.717, 1.165) is 24.7 Å². The van der Waals surface area contributed by atoms with E-state index in [1.165, 1.54) is 36.8 Å². The quantitative estimate of drug-likeness (QED) is 0.845. The van der Waals surface area contributed by atoms with Crippen molar-refractivity contribution in [3.8, 4) is 0 Å². The minimum atomic E-state index is 0.108. The number of hydrogen-bond donors (Lipinski definition) is 1. The molecule has 1 aromatic carbocycles. The van der Waals surface area contributed by atoms with E-state index in [4.69, 9.17) is 5.73 Å². The zero-order valence-corrected chi connectivity index (χ0v) is 10.8. The highest BCUT2D eigenvalue weighted by atomic mass is 14.8. The molecule has 2 bridgehead atoms. The van der Waals surface area contributed by atoms with Crippen LogP contribution in [0.5, 0.6) is 0 Å². The van der Waals surface area contributed by atoms with Crippen molar-refractivity contribution >= 4 is 0 Å². The van der Waals surface area contributed by atoms with Gasteiger partial charge in [0.1, 0.15) is 0 Å². The molecule has 0 amide bonds. The molecule has 2 fully saturated rings. The topological polar surface area (TPSA) is 26.0 Å². The van der Waals surface area contributed by atoms with Crippen molar-refractivity contribution in [2.24, 2.45) is 17.6 Å². The van der Waals surface area contributed by atoms with Gasteiger partial charge in [-0.3, -0.25) is 0 Å². The molecule has 0 spiro atoms. The van der Waals surface area contributed by atoms with Crippen molar-refractivity contribution in [2.75, 3.05) is 0 Å². The minimum absolute atomic E-state index is 0.108. The minimum Gasteiger partial charge on any atom is -0.325 e. The van der Waals surface area contributed by atoms with Crippen molar-refractivity contribution in [1.82, 2.24) is 0 Å². The Morgan fingerprint density at radius 3 is 2.41 bits per heavy atom. The fourth-order valence-corrected chi connectivity index (χ4v) is 3.98. The summed E-state index contributed by atoms with van der Waals surface area (Å²) in [5.41, 5.74) is 9.61. The van der Waals surface area contributed by atoms with E-state index in [1.807, 2.05) is 0 Å². The summed E-state index contributed by atoms with van der Waals surface area (Å²) in [5, 5.41) is 0. The Hall–Kier alpha value is -0.820. The van der Waals surface area contributed by atoms with Gasteiger partial charge in [0.15, 0.2) is 0 Å². The molecule has 92 valence electrons. The molecule has 0 aliphatic heterocycles. The molecule has 2 N–H and O–H groups in total. The number of benzene rings is 1. The fourth-order valence-electron chi connectivity index (χ4n) is 3.98. The number of aryl methyl sites for hydroxylation is 1. The standard InChI is InChI=1S/C16H23N/c1-2-12-3-5-13(6-4-12)10-16(17)11-14-7-8-15(16)9-14/h3-6,14-15H,2,7-11,17H2,1H3. The first-order valence-electron chi connectivity index (χ1n) is 7.06. The van der Waals surface area contributed by atoms with Crippen LogP contribution in [-0.2, 0) is 12.8 Å². The molecule has 1 nitrogen and oxygen atoms in total. The van der Waals surface area contributed by atoms with Gasteiger partial charge >= 0.3 is 0 Å². The summed E-state index contributed by atoms with van der Waals surface area (Å²) in [6.07, 6.45) is 7.65. The summed E-state index contributed by atoms with van der Waals surface area (Å²) in [7, 11) is 0. The van der Waals surface area contributed by atoms with Gasteiger partial charge in [0.25, 0.3) is 0 Å². The predicted octanol–water partition coefficient (Wildman–Crippen LogP) is 3.31. The summed E-state index contributed by atoms with van der Waals surface area (Å²) in [5.74, 6) is 1.72. The summed E-state index contributed by atoms with van der Waals surface area (Å²) < 4.78 is 0. The van der Waals surface area contributed by atoms with E-state index in [1.54, 1.807) is 0 Å². The van der Waals surface area contributed by atoms with E-state index in [9.17, 15) is 0 Å². The van der Waals surface area contributed by atoms with Crippen molar-refractivity contribution in [3.63, 3.8) is 0 Å². The average molecular weight is 229 g/mol. The zero-order chi connectivity index (χ0) is 11.9. The molecule has 0 radical (unpaired) electrons. The van der Waals surface area contributed by atoms with Crippen LogP contribution in [0.2, 0.25) is 0 Å². The molecule has 2 aliphatic carbocycles. The molecular weight excluding hydrogens is 206 g/mol. The second kappa shape index (κ2) is 4.13. The number of hydrogen-bond acceptors (Lipinski definition) is 1. The Morgan fingerprint density at radius 2 is 1.88 bits per heavy atom. The van der Waals surface area contributed by atoms with E-state index in [2.05, 4.69) is 31.2 Å². The number of rotatable bonds is 3. The first-order valence-corrected chi connectivity index (χ1v) is 7.06. The molecule has 2 saturated carbocycles. The maximum Gasteiger partial charge on any atom is 0.0226 e. The highest BCUT2D eigenvalue weighted by Crippen LogP contribution is 2.50. The summed E-state index contributed by atoms with van der Waals surface area (Å²) in [6.45, 7) is 2.20. The van der Waals surface area contributed by atoms with Crippen LogP contribution in [0.15, 0.2) is 24.3 Å². The van der Waals surface area contributed by atoms with E-state index < -0.39 is 0 Å². The average Bonchev–Trinajstić information content (AvgIpc) is 2.89. The van der Waals surface area contributed by atoms with Gasteiger partial charge in [-0.2, -0.15) is 0 Å². The number of nitrogens with two attached hydrogens (primary N) is 1. The monoisotopic (exact) mass is 229 g/mol. The highest BCUT2D eigenvalue weighted by molar-refractivity contribution is 5.25. The van der Waals surface area contributed by atoms with Gasteiger partial charge in [-0.25, -0.2) is 0 Å². The van der Waals surface area contributed by atoms with Crippen molar-refractivity contribution in [1.29, 1.82) is 0 Å². The Bertz CT molecular complexity index is 394. The van der Waals surface area contributed by atoms with Gasteiger partial charge in [-0.05, 0) is 55.1 Å². The molecule has 3 rings (SSSR count). The molecule has 1 heteroatoms. The van der Waals surface area contributed by atoms with Crippen LogP contribution in [0.4, 0.5) is 0 Å². The van der Waals surface area contributed by atoms with Gasteiger partial charge in [0, 0.05) is 5.54 Å². The van der Waals surface area contributed by atoms with Crippen LogP contribution < -0.4 is 5.73 Å². The molecular formula is C16H23N. The molecule has 0 heterocycles. The molecule has 3 unspecified atom stereocenters. The SMILES string of the molecule is CCc1ccc(CC2(N)CC3CCC2C3)cc1. The third-order valence-electron chi connectivity index (χ3n) is 4.99. The van der Waals surface area contributed by atoms with Crippen molar-refractivity contribution in [3.05, 3.63) is 35.4 Å². The van der Waals surface area contributed by atoms with Crippen LogP contribution >= 0.6 is 0 Å². The van der Waals surface area contributed by atoms with E-state index in [-0.39, 0.29) is 5.54 Å². The van der Waals surface area contributed by atoms with Crippen LogP contribution in [0.25, 0.3) is 0 Å². The Kier molecular flexibility index (Phi) is 2.74. The summed E-state index contributed by atoms with van der Waals surface area (Å²) in [4.78, 5) is 0. The molecule has 0 aromatic heterocycles. The fraction of sp³-hybridized carbons (Fsp3) is 0.625. The first-order chi connectivity index (χ1) is 8.19. The van der Waals surface area contributed by atoms with Gasteiger partial charge in [-0.15, -0.1) is 0 Å². The third-order valence-corrected chi connectivity index (χ3v) is 4.99. The van der Waals surface area contributed by atoms with Gasteiger partial charge < -0.3 is 5.73 Å². The second-order valence-electron chi connectivity index (χ2n) is 6.16. The third kappa shape index (κ3) is 2.01. The van der Waals surface area contributed by atoms with Gasteiger partial charge in [0.2, 0.25) is 0 Å². The van der Waals surface area contributed by atoms with E-state index in [0.29, 0.717) is 0 Å². The van der Waals surface area contributed by atoms with E-state index >= 15 is 0 Å². The van der Waals surface area contributed by atoms with Crippen LogP contribution in [0.3, 0.4) is 0 Å². The molecule has 1 aromatic rings. The van der Waals surface area contributed by atoms with Crippen LogP contribution in [-0.4, -0.2) is 5.54 Å². The van der Waals surface area contributed by atoms with Gasteiger partial charge in [0.05, 0.1) is 0 Å². The molecule has 2 aliphatic rings. The maximum absolute atomic E-state index is 6.65. The lowest BCUT2D eigenvalue weighted by atomic mass is 9.77. The second-order valence-corrected chi connectivity index (χ2v) is 6.16. The smallest absolute Gasteiger partial charge is 0.0226 e. The normalized spacial score (nSPS) is 35.4. The van der Waals surface area contributed by atoms with Crippen LogP contribution in [0, 0.1) is 11.8 Å². The Balaban J connectivity index is 1.73. The number of fused-ring (bicyclic) bond motifs is 2. The van der Waals surface area contributed by atoms with Crippen molar-refractivity contribution in [2.45, 2.75) is 51.0 Å². The van der Waals surface area contributed by atoms with Gasteiger partial charge in [-0.1, -0.05) is 37.6 Å². The lowest BCUT2D eigenvalue weighted by Gasteiger charge is -2.34. The Labute approximate surface area is 104 Å². The summed E-state index contributed by atoms with van der Waals surface area (Å²) in [6, 6.07) is 9.07. The van der Waals surface area contributed by atoms with Crippen molar-refractivity contribution < 1.29 is 0 Å². The molecule has 0 saturated heterocycles. The van der Waals surface area contributed by atoms with Crippen LogP contribution in [0.1, 0.15) is 43.7 Å². The maximum atomic E-state index is 6.65. The predicted molar refractivity (Wildman–Crippen MR) is 71.9 cm³/mol. The Morgan fingerprint density at radius 1 is 1.18 bits per heavy atom. The zero-order valence-electron chi connectivity index (χ0n) is 10.8. The lowest BCUT2D eigenvalue weighted by molar-refractivity contribution is 0.269. The lowest BCUT2D eigenvalue weighted by Crippen LogP contribution is -2.46. The molecule has 3 atom stereocenters. The largest absolute Gasteiger partial charge is 0.325 e. The summed E-state index contributed by atoms with van der Waals surface area (Å²) >= 11 is 0.